The minimum Gasteiger partial charge on any atom is -0.383 e. The second kappa shape index (κ2) is 5.29. The summed E-state index contributed by atoms with van der Waals surface area (Å²) in [5.41, 5.74) is 6.99. The molecular weight excluding hydrogens is 345 g/mol. The van der Waals surface area contributed by atoms with Gasteiger partial charge in [0, 0.05) is 15.2 Å². The van der Waals surface area contributed by atoms with Gasteiger partial charge in [0.1, 0.15) is 0 Å². The Morgan fingerprint density at radius 1 is 1.62 bits per heavy atom. The number of benzene rings is 1. The summed E-state index contributed by atoms with van der Waals surface area (Å²) in [4.78, 5) is 0. The maximum absolute atomic E-state index is 5.88. The van der Waals surface area contributed by atoms with Crippen LogP contribution in [0.3, 0.4) is 0 Å². The minimum atomic E-state index is -0.0355. The largest absolute Gasteiger partial charge is 0.383 e. The zero-order valence-electron chi connectivity index (χ0n) is 7.26. The molecule has 13 heavy (non-hydrogen) atoms. The van der Waals surface area contributed by atoms with Crippen molar-refractivity contribution < 1.29 is 4.74 Å². The summed E-state index contributed by atoms with van der Waals surface area (Å²) in [5.74, 6) is 0. The molecule has 1 rings (SSSR count). The van der Waals surface area contributed by atoms with E-state index >= 15 is 0 Å². The van der Waals surface area contributed by atoms with Crippen LogP contribution in [0.25, 0.3) is 0 Å². The van der Waals surface area contributed by atoms with Gasteiger partial charge in [0.25, 0.3) is 0 Å². The van der Waals surface area contributed by atoms with Gasteiger partial charge in [-0.2, -0.15) is 0 Å². The normalized spacial score (nSPS) is 12.9. The number of ether oxygens (including phenoxy) is 1. The van der Waals surface area contributed by atoms with Crippen molar-refractivity contribution >= 4 is 38.5 Å². The Labute approximate surface area is 100 Å². The lowest BCUT2D eigenvalue weighted by Gasteiger charge is -2.11. The molecule has 0 heterocycles. The maximum atomic E-state index is 5.88. The summed E-state index contributed by atoms with van der Waals surface area (Å²) < 4.78 is 7.26. The number of hydrogen-bond acceptors (Lipinski definition) is 2. The first-order valence-electron chi connectivity index (χ1n) is 3.84. The summed E-state index contributed by atoms with van der Waals surface area (Å²) in [6, 6.07) is 6.04. The third-order valence-electron chi connectivity index (χ3n) is 1.72. The molecule has 0 radical (unpaired) electrons. The molecule has 0 aliphatic carbocycles. The molecule has 0 saturated heterocycles. The standard InChI is InChI=1S/C9H11BrINO/c1-13-5-9(12)6-2-3-7(10)8(11)4-6/h2-4,9H,5,12H2,1H3/t9-/m1/s1. The number of hydrogen-bond donors (Lipinski definition) is 1. The summed E-state index contributed by atoms with van der Waals surface area (Å²) in [6.45, 7) is 0.553. The van der Waals surface area contributed by atoms with Gasteiger partial charge < -0.3 is 10.5 Å². The second-order valence-corrected chi connectivity index (χ2v) is 4.75. The molecular formula is C9H11BrINO. The molecule has 0 saturated carbocycles. The molecule has 0 bridgehead atoms. The lowest BCUT2D eigenvalue weighted by Crippen LogP contribution is -2.16. The Morgan fingerprint density at radius 3 is 2.85 bits per heavy atom. The van der Waals surface area contributed by atoms with E-state index in [1.165, 1.54) is 3.57 Å². The number of methoxy groups -OCH3 is 1. The van der Waals surface area contributed by atoms with Gasteiger partial charge in [0.15, 0.2) is 0 Å². The molecule has 0 unspecified atom stereocenters. The van der Waals surface area contributed by atoms with E-state index in [2.05, 4.69) is 44.6 Å². The lowest BCUT2D eigenvalue weighted by atomic mass is 10.1. The van der Waals surface area contributed by atoms with E-state index in [9.17, 15) is 0 Å². The molecule has 0 aromatic heterocycles. The molecule has 72 valence electrons. The van der Waals surface area contributed by atoms with E-state index in [0.29, 0.717) is 6.61 Å². The number of halogens is 2. The SMILES string of the molecule is COC[C@@H](N)c1ccc(Br)c(I)c1. The highest BCUT2D eigenvalue weighted by Gasteiger charge is 2.06. The molecule has 0 aliphatic heterocycles. The van der Waals surface area contributed by atoms with Crippen LogP contribution in [-0.2, 0) is 4.74 Å². The van der Waals surface area contributed by atoms with Crippen LogP contribution in [0.1, 0.15) is 11.6 Å². The molecule has 0 spiro atoms. The van der Waals surface area contributed by atoms with Gasteiger partial charge in [-0.1, -0.05) is 6.07 Å². The highest BCUT2D eigenvalue weighted by molar-refractivity contribution is 14.1. The van der Waals surface area contributed by atoms with E-state index in [4.69, 9.17) is 10.5 Å². The van der Waals surface area contributed by atoms with E-state index in [1.54, 1.807) is 7.11 Å². The van der Waals surface area contributed by atoms with E-state index in [-0.39, 0.29) is 6.04 Å². The van der Waals surface area contributed by atoms with Crippen LogP contribution in [0.2, 0.25) is 0 Å². The van der Waals surface area contributed by atoms with Crippen LogP contribution in [0.15, 0.2) is 22.7 Å². The zero-order valence-corrected chi connectivity index (χ0v) is 11.0. The van der Waals surface area contributed by atoms with Crippen molar-refractivity contribution in [2.75, 3.05) is 13.7 Å². The monoisotopic (exact) mass is 355 g/mol. The Balaban J connectivity index is 2.84. The second-order valence-electron chi connectivity index (χ2n) is 2.74. The van der Waals surface area contributed by atoms with Crippen molar-refractivity contribution in [3.8, 4) is 0 Å². The van der Waals surface area contributed by atoms with E-state index < -0.39 is 0 Å². The van der Waals surface area contributed by atoms with Crippen LogP contribution < -0.4 is 5.73 Å². The van der Waals surface area contributed by atoms with Gasteiger partial charge in [-0.05, 0) is 56.2 Å². The Morgan fingerprint density at radius 2 is 2.31 bits per heavy atom. The smallest absolute Gasteiger partial charge is 0.0655 e. The first-order valence-corrected chi connectivity index (χ1v) is 5.71. The fourth-order valence-corrected chi connectivity index (χ4v) is 1.80. The van der Waals surface area contributed by atoms with Crippen molar-refractivity contribution in [2.45, 2.75) is 6.04 Å². The highest BCUT2D eigenvalue weighted by Crippen LogP contribution is 2.22. The summed E-state index contributed by atoms with van der Waals surface area (Å²) in [7, 11) is 1.66. The number of nitrogens with two attached hydrogens (primary N) is 1. The molecule has 4 heteroatoms. The van der Waals surface area contributed by atoms with Gasteiger partial charge >= 0.3 is 0 Å². The highest BCUT2D eigenvalue weighted by atomic mass is 127. The van der Waals surface area contributed by atoms with Gasteiger partial charge in [-0.15, -0.1) is 0 Å². The van der Waals surface area contributed by atoms with Crippen molar-refractivity contribution in [1.29, 1.82) is 0 Å². The van der Waals surface area contributed by atoms with Crippen molar-refractivity contribution in [1.82, 2.24) is 0 Å². The maximum Gasteiger partial charge on any atom is 0.0655 e. The van der Waals surface area contributed by atoms with Crippen LogP contribution in [0.4, 0.5) is 0 Å². The molecule has 0 aliphatic rings. The molecule has 1 atom stereocenters. The van der Waals surface area contributed by atoms with Crippen molar-refractivity contribution in [3.63, 3.8) is 0 Å². The first-order chi connectivity index (χ1) is 6.15. The van der Waals surface area contributed by atoms with Crippen molar-refractivity contribution in [3.05, 3.63) is 31.8 Å². The van der Waals surface area contributed by atoms with Crippen LogP contribution in [0, 0.1) is 3.57 Å². The lowest BCUT2D eigenvalue weighted by molar-refractivity contribution is 0.181. The molecule has 0 amide bonds. The number of rotatable bonds is 3. The Hall–Kier alpha value is 0.350. The molecule has 0 fully saturated rings. The molecule has 1 aromatic carbocycles. The van der Waals surface area contributed by atoms with E-state index in [0.717, 1.165) is 10.0 Å². The van der Waals surface area contributed by atoms with Crippen molar-refractivity contribution in [2.24, 2.45) is 5.73 Å². The Kier molecular flexibility index (Phi) is 4.64. The summed E-state index contributed by atoms with van der Waals surface area (Å²) in [6.07, 6.45) is 0. The molecule has 2 N–H and O–H groups in total. The van der Waals surface area contributed by atoms with Gasteiger partial charge in [-0.3, -0.25) is 0 Å². The zero-order chi connectivity index (χ0) is 9.84. The van der Waals surface area contributed by atoms with Gasteiger partial charge in [-0.25, -0.2) is 0 Å². The van der Waals surface area contributed by atoms with Crippen LogP contribution >= 0.6 is 38.5 Å². The minimum absolute atomic E-state index is 0.0355. The fraction of sp³-hybridized carbons (Fsp3) is 0.333. The predicted molar refractivity (Wildman–Crippen MR) is 65.7 cm³/mol. The van der Waals surface area contributed by atoms with Gasteiger partial charge in [0.2, 0.25) is 0 Å². The quantitative estimate of drug-likeness (QED) is 0.846. The average molecular weight is 356 g/mol. The summed E-state index contributed by atoms with van der Waals surface area (Å²) >= 11 is 5.71. The molecule has 2 nitrogen and oxygen atoms in total. The Bertz CT molecular complexity index is 293. The molecule has 1 aromatic rings. The van der Waals surface area contributed by atoms with Gasteiger partial charge in [0.05, 0.1) is 12.6 Å². The van der Waals surface area contributed by atoms with E-state index in [1.807, 2.05) is 12.1 Å². The third-order valence-corrected chi connectivity index (χ3v) is 4.04. The first kappa shape index (κ1) is 11.4. The van der Waals surface area contributed by atoms with Crippen LogP contribution in [0.5, 0.6) is 0 Å². The average Bonchev–Trinajstić information content (AvgIpc) is 2.10. The predicted octanol–water partition coefficient (Wildman–Crippen LogP) is 2.70. The third kappa shape index (κ3) is 3.19. The fourth-order valence-electron chi connectivity index (χ4n) is 1.02. The summed E-state index contributed by atoms with van der Waals surface area (Å²) in [5, 5.41) is 0. The topological polar surface area (TPSA) is 35.2 Å². The van der Waals surface area contributed by atoms with Crippen LogP contribution in [-0.4, -0.2) is 13.7 Å².